The predicted molar refractivity (Wildman–Crippen MR) is 107 cm³/mol. The smallest absolute Gasteiger partial charge is 0.427 e. The third-order valence-corrected chi connectivity index (χ3v) is 8.56. The van der Waals surface area contributed by atoms with Crippen LogP contribution in [0.15, 0.2) is 29.4 Å². The highest BCUT2D eigenvalue weighted by molar-refractivity contribution is 8.77. The molecule has 140 valence electrons. The quantitative estimate of drug-likeness (QED) is 0.218. The highest BCUT2D eigenvalue weighted by Crippen LogP contribution is 2.45. The van der Waals surface area contributed by atoms with E-state index >= 15 is 0 Å². The van der Waals surface area contributed by atoms with Crippen LogP contribution in [-0.4, -0.2) is 21.8 Å². The third kappa shape index (κ3) is 6.90. The molecule has 1 atom stereocenters. The Bertz CT molecular complexity index is 585. The molecule has 7 heteroatoms. The largest absolute Gasteiger partial charge is 0.514 e. The molecule has 0 fully saturated rings. The lowest BCUT2D eigenvalue weighted by Gasteiger charge is -2.34. The maximum absolute atomic E-state index is 12.1. The molecule has 1 aromatic rings. The Morgan fingerprint density at radius 2 is 1.64 bits per heavy atom. The molecule has 0 aliphatic heterocycles. The van der Waals surface area contributed by atoms with Crippen molar-refractivity contribution in [3.05, 3.63) is 29.2 Å². The van der Waals surface area contributed by atoms with Gasteiger partial charge in [0, 0.05) is 4.75 Å². The fourth-order valence-electron chi connectivity index (χ4n) is 1.40. The molecule has 0 heterocycles. The molecule has 0 spiro atoms. The van der Waals surface area contributed by atoms with E-state index in [1.54, 1.807) is 21.6 Å². The first-order valence-electron chi connectivity index (χ1n) is 8.16. The summed E-state index contributed by atoms with van der Waals surface area (Å²) in [6.45, 7) is 14.6. The first kappa shape index (κ1) is 21.8. The van der Waals surface area contributed by atoms with Gasteiger partial charge in [-0.05, 0) is 70.0 Å². The van der Waals surface area contributed by atoms with E-state index in [4.69, 9.17) is 9.47 Å². The Morgan fingerprint density at radius 3 is 2.12 bits per heavy atom. The molecular weight excluding hydrogens is 358 g/mol. The summed E-state index contributed by atoms with van der Waals surface area (Å²) in [5.74, 6) is 0.846. The number of nitroso groups, excluding NO2 is 1. The molecule has 0 radical (unpaired) electrons. The average molecular weight is 386 g/mol. The molecule has 0 amide bonds. The van der Waals surface area contributed by atoms with Gasteiger partial charge in [0.1, 0.15) is 17.0 Å². The van der Waals surface area contributed by atoms with E-state index in [1.807, 2.05) is 20.8 Å². The van der Waals surface area contributed by atoms with E-state index in [0.29, 0.717) is 11.7 Å². The fraction of sp³-hybridized carbons (Fsp3) is 0.611. The maximum Gasteiger partial charge on any atom is 0.514 e. The van der Waals surface area contributed by atoms with Crippen molar-refractivity contribution in [2.45, 2.75) is 64.1 Å². The first-order chi connectivity index (χ1) is 11.5. The number of hydrogen-bond acceptors (Lipinski definition) is 7. The minimum absolute atomic E-state index is 0.0738. The van der Waals surface area contributed by atoms with Crippen LogP contribution in [0.25, 0.3) is 0 Å². The summed E-state index contributed by atoms with van der Waals surface area (Å²) in [7, 11) is 3.51. The maximum atomic E-state index is 12.1. The topological polar surface area (TPSA) is 65.0 Å². The highest BCUT2D eigenvalue weighted by Gasteiger charge is 2.34. The Labute approximate surface area is 158 Å². The zero-order valence-electron chi connectivity index (χ0n) is 15.9. The summed E-state index contributed by atoms with van der Waals surface area (Å²) < 4.78 is 10.8. The van der Waals surface area contributed by atoms with Crippen LogP contribution in [-0.2, 0) is 4.74 Å². The number of nitrogens with zero attached hydrogens (tertiary/aromatic N) is 1. The molecular formula is C18H27NO4S2. The van der Waals surface area contributed by atoms with E-state index in [0.717, 1.165) is 0 Å². The summed E-state index contributed by atoms with van der Waals surface area (Å²) in [4.78, 5) is 22.4. The third-order valence-electron chi connectivity index (χ3n) is 4.27. The van der Waals surface area contributed by atoms with Crippen molar-refractivity contribution >= 4 is 33.4 Å². The van der Waals surface area contributed by atoms with Gasteiger partial charge in [-0.25, -0.2) is 4.79 Å². The van der Waals surface area contributed by atoms with Crippen molar-refractivity contribution in [3.63, 3.8) is 0 Å². The fourth-order valence-corrected chi connectivity index (χ4v) is 4.71. The van der Waals surface area contributed by atoms with E-state index in [1.165, 1.54) is 24.3 Å². The molecule has 5 nitrogen and oxygen atoms in total. The second kappa shape index (κ2) is 8.94. The Balaban J connectivity index is 2.59. The van der Waals surface area contributed by atoms with Crippen molar-refractivity contribution in [1.82, 2.24) is 0 Å². The van der Waals surface area contributed by atoms with E-state index in [9.17, 15) is 9.70 Å². The van der Waals surface area contributed by atoms with Crippen molar-refractivity contribution < 1.29 is 14.3 Å². The zero-order valence-corrected chi connectivity index (χ0v) is 17.5. The number of benzene rings is 1. The minimum Gasteiger partial charge on any atom is -0.427 e. The number of carbonyl (C=O) groups excluding carboxylic acids is 1. The number of rotatable bonds is 8. The SMILES string of the molecule is CC(SSC(C)(C)C(C)C)C(C)(C)OC(=O)Oc1ccc(N=O)cc1. The summed E-state index contributed by atoms with van der Waals surface area (Å²) in [5.41, 5.74) is -0.414. The van der Waals surface area contributed by atoms with Crippen LogP contribution in [0.5, 0.6) is 5.75 Å². The van der Waals surface area contributed by atoms with Gasteiger partial charge in [0.05, 0.1) is 5.25 Å². The van der Waals surface area contributed by atoms with Gasteiger partial charge < -0.3 is 9.47 Å². The Morgan fingerprint density at radius 1 is 1.08 bits per heavy atom. The van der Waals surface area contributed by atoms with Gasteiger partial charge >= 0.3 is 6.16 Å². The molecule has 25 heavy (non-hydrogen) atoms. The van der Waals surface area contributed by atoms with Gasteiger partial charge in [-0.3, -0.25) is 0 Å². The van der Waals surface area contributed by atoms with Gasteiger partial charge in [-0.1, -0.05) is 35.4 Å². The molecule has 0 N–H and O–H groups in total. The monoisotopic (exact) mass is 385 g/mol. The summed E-state index contributed by atoms with van der Waals surface area (Å²) in [6.07, 6.45) is -0.766. The second-order valence-corrected chi connectivity index (χ2v) is 10.4. The molecule has 0 aliphatic rings. The lowest BCUT2D eigenvalue weighted by atomic mass is 10.00. The van der Waals surface area contributed by atoms with E-state index in [-0.39, 0.29) is 15.7 Å². The molecule has 0 aliphatic carbocycles. The zero-order chi connectivity index (χ0) is 19.3. The lowest BCUT2D eigenvalue weighted by Crippen LogP contribution is -2.38. The number of ether oxygens (including phenoxy) is 2. The van der Waals surface area contributed by atoms with Gasteiger partial charge in [-0.15, -0.1) is 4.91 Å². The van der Waals surface area contributed by atoms with E-state index < -0.39 is 11.8 Å². The Kier molecular flexibility index (Phi) is 7.81. The molecule has 0 bridgehead atoms. The van der Waals surface area contributed by atoms with Crippen LogP contribution in [0, 0.1) is 10.8 Å². The predicted octanol–water partition coefficient (Wildman–Crippen LogP) is 6.58. The van der Waals surface area contributed by atoms with Crippen LogP contribution in [0.2, 0.25) is 0 Å². The normalized spacial score (nSPS) is 13.4. The van der Waals surface area contributed by atoms with E-state index in [2.05, 4.69) is 32.9 Å². The van der Waals surface area contributed by atoms with Crippen molar-refractivity contribution in [2.75, 3.05) is 0 Å². The van der Waals surface area contributed by atoms with Gasteiger partial charge in [0.15, 0.2) is 0 Å². The van der Waals surface area contributed by atoms with Crippen LogP contribution in [0.4, 0.5) is 10.5 Å². The van der Waals surface area contributed by atoms with Gasteiger partial charge in [-0.2, -0.15) is 0 Å². The standard InChI is InChI=1S/C18H27NO4S2/c1-12(2)18(6,7)25-24-13(3)17(4,5)23-16(20)22-15-10-8-14(19-21)9-11-15/h8-13H,1-7H3. The molecule has 0 saturated carbocycles. The first-order valence-corrected chi connectivity index (χ1v) is 10.4. The summed E-state index contributed by atoms with van der Waals surface area (Å²) in [6, 6.07) is 5.96. The Hall–Kier alpha value is -1.21. The van der Waals surface area contributed by atoms with Crippen LogP contribution in [0.1, 0.15) is 48.5 Å². The van der Waals surface area contributed by atoms with Gasteiger partial charge in [0.25, 0.3) is 0 Å². The molecule has 0 saturated heterocycles. The number of hydrogen-bond donors (Lipinski definition) is 0. The summed E-state index contributed by atoms with van der Waals surface area (Å²) in [5, 5.41) is 2.87. The molecule has 1 aromatic carbocycles. The molecule has 1 rings (SSSR count). The lowest BCUT2D eigenvalue weighted by molar-refractivity contribution is 0.0107. The molecule has 0 aromatic heterocycles. The van der Waals surface area contributed by atoms with Crippen molar-refractivity contribution in [2.24, 2.45) is 11.1 Å². The van der Waals surface area contributed by atoms with Crippen molar-refractivity contribution in [1.29, 1.82) is 0 Å². The van der Waals surface area contributed by atoms with Crippen LogP contribution in [0.3, 0.4) is 0 Å². The molecule has 1 unspecified atom stereocenters. The van der Waals surface area contributed by atoms with Gasteiger partial charge in [0.2, 0.25) is 0 Å². The van der Waals surface area contributed by atoms with Crippen LogP contribution >= 0.6 is 21.6 Å². The minimum atomic E-state index is -0.766. The van der Waals surface area contributed by atoms with Crippen molar-refractivity contribution in [3.8, 4) is 5.75 Å². The second-order valence-electron chi connectivity index (χ2n) is 7.22. The summed E-state index contributed by atoms with van der Waals surface area (Å²) >= 11 is 0. The highest BCUT2D eigenvalue weighted by atomic mass is 33.1. The van der Waals surface area contributed by atoms with Crippen LogP contribution < -0.4 is 4.74 Å². The average Bonchev–Trinajstić information content (AvgIpc) is 2.52. The number of carbonyl (C=O) groups is 1.